The lowest BCUT2D eigenvalue weighted by atomic mass is 10.0. The van der Waals surface area contributed by atoms with Crippen LogP contribution in [0.2, 0.25) is 0 Å². The highest BCUT2D eigenvalue weighted by molar-refractivity contribution is 5.40. The van der Waals surface area contributed by atoms with Crippen molar-refractivity contribution >= 4 is 0 Å². The van der Waals surface area contributed by atoms with Crippen LogP contribution in [0.25, 0.3) is 0 Å². The molecular formula is C18H24N2O. The van der Waals surface area contributed by atoms with Gasteiger partial charge in [-0.05, 0) is 45.0 Å². The number of hydrogen-bond acceptors (Lipinski definition) is 3. The zero-order valence-electron chi connectivity index (χ0n) is 13.0. The molecule has 3 nitrogen and oxygen atoms in total. The summed E-state index contributed by atoms with van der Waals surface area (Å²) in [6.07, 6.45) is 3.07. The Kier molecular flexibility index (Phi) is 5.76. The number of aromatic nitrogens is 1. The minimum Gasteiger partial charge on any atom is -0.491 e. The van der Waals surface area contributed by atoms with E-state index in [1.807, 2.05) is 50.4 Å². The molecule has 1 atom stereocenters. The summed E-state index contributed by atoms with van der Waals surface area (Å²) in [7, 11) is 0. The van der Waals surface area contributed by atoms with Crippen LogP contribution >= 0.6 is 0 Å². The van der Waals surface area contributed by atoms with Gasteiger partial charge in [-0.3, -0.25) is 4.98 Å². The molecule has 0 aliphatic carbocycles. The van der Waals surface area contributed by atoms with Gasteiger partial charge >= 0.3 is 0 Å². The molecule has 1 unspecified atom stereocenters. The summed E-state index contributed by atoms with van der Waals surface area (Å²) in [4.78, 5) is 4.51. The van der Waals surface area contributed by atoms with Crippen LogP contribution < -0.4 is 10.1 Å². The molecule has 0 spiro atoms. The van der Waals surface area contributed by atoms with E-state index in [0.717, 1.165) is 30.0 Å². The molecular weight excluding hydrogens is 260 g/mol. The fourth-order valence-electron chi connectivity index (χ4n) is 2.29. The predicted octanol–water partition coefficient (Wildman–Crippen LogP) is 3.96. The second kappa shape index (κ2) is 7.79. The van der Waals surface area contributed by atoms with Crippen LogP contribution in [-0.2, 0) is 0 Å². The van der Waals surface area contributed by atoms with Crippen molar-refractivity contribution in [3.63, 3.8) is 0 Å². The third-order valence-corrected chi connectivity index (χ3v) is 3.17. The molecule has 0 saturated heterocycles. The highest BCUT2D eigenvalue weighted by Crippen LogP contribution is 2.29. The normalized spacial score (nSPS) is 12.4. The van der Waals surface area contributed by atoms with Gasteiger partial charge in [-0.15, -0.1) is 0 Å². The standard InChI is InChI=1S/C18H24N2O/c1-4-12-20-18(16-10-7-8-13-19-16)15-9-5-6-11-17(15)21-14(2)3/h5-11,13-14,18,20H,4,12H2,1-3H3. The smallest absolute Gasteiger partial charge is 0.124 e. The molecule has 1 heterocycles. The van der Waals surface area contributed by atoms with E-state index in [1.165, 1.54) is 0 Å². The Bertz CT molecular complexity index is 540. The molecule has 0 aliphatic heterocycles. The first kappa shape index (κ1) is 15.5. The van der Waals surface area contributed by atoms with E-state index in [4.69, 9.17) is 4.74 Å². The van der Waals surface area contributed by atoms with E-state index < -0.39 is 0 Å². The minimum atomic E-state index is 0.0566. The van der Waals surface area contributed by atoms with Crippen molar-refractivity contribution in [2.24, 2.45) is 0 Å². The molecule has 0 aliphatic rings. The largest absolute Gasteiger partial charge is 0.491 e. The monoisotopic (exact) mass is 284 g/mol. The molecule has 0 saturated carbocycles. The third-order valence-electron chi connectivity index (χ3n) is 3.17. The second-order valence-electron chi connectivity index (χ2n) is 5.35. The number of hydrogen-bond donors (Lipinski definition) is 1. The average Bonchev–Trinajstić information content (AvgIpc) is 2.50. The lowest BCUT2D eigenvalue weighted by molar-refractivity contribution is 0.238. The fraction of sp³-hybridized carbons (Fsp3) is 0.389. The fourth-order valence-corrected chi connectivity index (χ4v) is 2.29. The van der Waals surface area contributed by atoms with Gasteiger partial charge in [-0.1, -0.05) is 31.2 Å². The predicted molar refractivity (Wildman–Crippen MR) is 86.6 cm³/mol. The number of nitrogens with zero attached hydrogens (tertiary/aromatic N) is 1. The molecule has 112 valence electrons. The third kappa shape index (κ3) is 4.30. The Morgan fingerprint density at radius 3 is 2.52 bits per heavy atom. The number of para-hydroxylation sites is 1. The molecule has 3 heteroatoms. The molecule has 1 N–H and O–H groups in total. The first-order valence-electron chi connectivity index (χ1n) is 7.62. The summed E-state index contributed by atoms with van der Waals surface area (Å²) in [5.74, 6) is 0.923. The lowest BCUT2D eigenvalue weighted by Gasteiger charge is -2.22. The number of ether oxygens (including phenoxy) is 1. The molecule has 0 amide bonds. The molecule has 0 bridgehead atoms. The molecule has 1 aromatic carbocycles. The molecule has 2 rings (SSSR count). The van der Waals surface area contributed by atoms with Gasteiger partial charge in [0.1, 0.15) is 5.75 Å². The van der Waals surface area contributed by atoms with Gasteiger partial charge in [-0.2, -0.15) is 0 Å². The van der Waals surface area contributed by atoms with Crippen molar-refractivity contribution < 1.29 is 4.74 Å². The summed E-state index contributed by atoms with van der Waals surface area (Å²) < 4.78 is 5.96. The van der Waals surface area contributed by atoms with Crippen molar-refractivity contribution in [1.29, 1.82) is 0 Å². The zero-order chi connectivity index (χ0) is 15.1. The van der Waals surface area contributed by atoms with E-state index in [0.29, 0.717) is 0 Å². The number of rotatable bonds is 7. The lowest BCUT2D eigenvalue weighted by Crippen LogP contribution is -2.25. The number of pyridine rings is 1. The molecule has 2 aromatic rings. The van der Waals surface area contributed by atoms with E-state index in [1.54, 1.807) is 0 Å². The van der Waals surface area contributed by atoms with Crippen LogP contribution in [0.3, 0.4) is 0 Å². The Balaban J connectivity index is 2.37. The molecule has 0 radical (unpaired) electrons. The Morgan fingerprint density at radius 1 is 1.10 bits per heavy atom. The van der Waals surface area contributed by atoms with Crippen LogP contribution in [-0.4, -0.2) is 17.6 Å². The Labute approximate surface area is 127 Å². The summed E-state index contributed by atoms with van der Waals surface area (Å²) in [5.41, 5.74) is 2.16. The van der Waals surface area contributed by atoms with Gasteiger partial charge in [0, 0.05) is 11.8 Å². The highest BCUT2D eigenvalue weighted by Gasteiger charge is 2.18. The molecule has 21 heavy (non-hydrogen) atoms. The van der Waals surface area contributed by atoms with Crippen LogP contribution in [0.5, 0.6) is 5.75 Å². The first-order valence-corrected chi connectivity index (χ1v) is 7.62. The van der Waals surface area contributed by atoms with Gasteiger partial charge in [0.15, 0.2) is 0 Å². The van der Waals surface area contributed by atoms with Crippen molar-refractivity contribution in [3.8, 4) is 5.75 Å². The quantitative estimate of drug-likeness (QED) is 0.835. The van der Waals surface area contributed by atoms with Gasteiger partial charge in [-0.25, -0.2) is 0 Å². The maximum Gasteiger partial charge on any atom is 0.124 e. The van der Waals surface area contributed by atoms with Gasteiger partial charge in [0.05, 0.1) is 17.8 Å². The second-order valence-corrected chi connectivity index (χ2v) is 5.35. The highest BCUT2D eigenvalue weighted by atomic mass is 16.5. The molecule has 1 aromatic heterocycles. The van der Waals surface area contributed by atoms with Crippen molar-refractivity contribution in [2.75, 3.05) is 6.54 Å². The van der Waals surface area contributed by atoms with Crippen LogP contribution in [0.1, 0.15) is 44.5 Å². The topological polar surface area (TPSA) is 34.2 Å². The maximum atomic E-state index is 5.96. The Hall–Kier alpha value is -1.87. The van der Waals surface area contributed by atoms with E-state index >= 15 is 0 Å². The van der Waals surface area contributed by atoms with E-state index in [-0.39, 0.29) is 12.1 Å². The summed E-state index contributed by atoms with van der Waals surface area (Å²) in [6.45, 7) is 7.20. The average molecular weight is 284 g/mol. The minimum absolute atomic E-state index is 0.0566. The number of nitrogens with one attached hydrogen (secondary N) is 1. The van der Waals surface area contributed by atoms with E-state index in [2.05, 4.69) is 29.4 Å². The van der Waals surface area contributed by atoms with Crippen LogP contribution in [0.4, 0.5) is 0 Å². The van der Waals surface area contributed by atoms with Crippen molar-refractivity contribution in [2.45, 2.75) is 39.3 Å². The summed E-state index contributed by atoms with van der Waals surface area (Å²) in [6, 6.07) is 14.3. The summed E-state index contributed by atoms with van der Waals surface area (Å²) >= 11 is 0. The zero-order valence-corrected chi connectivity index (χ0v) is 13.0. The maximum absolute atomic E-state index is 5.96. The number of benzene rings is 1. The Morgan fingerprint density at radius 2 is 1.86 bits per heavy atom. The van der Waals surface area contributed by atoms with Gasteiger partial charge in [0.25, 0.3) is 0 Å². The molecule has 0 fully saturated rings. The van der Waals surface area contributed by atoms with E-state index in [9.17, 15) is 0 Å². The summed E-state index contributed by atoms with van der Waals surface area (Å²) in [5, 5.41) is 3.57. The van der Waals surface area contributed by atoms with Crippen molar-refractivity contribution in [3.05, 3.63) is 59.9 Å². The van der Waals surface area contributed by atoms with Gasteiger partial charge < -0.3 is 10.1 Å². The van der Waals surface area contributed by atoms with Crippen molar-refractivity contribution in [1.82, 2.24) is 10.3 Å². The van der Waals surface area contributed by atoms with Crippen LogP contribution in [0, 0.1) is 0 Å². The SMILES string of the molecule is CCCNC(c1ccccn1)c1ccccc1OC(C)C. The van der Waals surface area contributed by atoms with Gasteiger partial charge in [0.2, 0.25) is 0 Å². The first-order chi connectivity index (χ1) is 10.2. The van der Waals surface area contributed by atoms with Crippen LogP contribution in [0.15, 0.2) is 48.7 Å².